The summed E-state index contributed by atoms with van der Waals surface area (Å²) in [4.78, 5) is 16.0. The van der Waals surface area contributed by atoms with Gasteiger partial charge >= 0.3 is 6.18 Å². The van der Waals surface area contributed by atoms with Gasteiger partial charge in [-0.3, -0.25) is 4.79 Å². The Balaban J connectivity index is 1.94. The minimum absolute atomic E-state index is 0.112. The Bertz CT molecular complexity index is 764. The van der Waals surface area contributed by atoms with Crippen molar-refractivity contribution in [1.29, 1.82) is 0 Å². The van der Waals surface area contributed by atoms with E-state index in [1.807, 2.05) is 0 Å². The maximum Gasteiger partial charge on any atom is 0.422 e. The first-order valence-corrected chi connectivity index (χ1v) is 7.48. The summed E-state index contributed by atoms with van der Waals surface area (Å²) in [7, 11) is 0. The summed E-state index contributed by atoms with van der Waals surface area (Å²) in [5, 5.41) is 2.65. The highest BCUT2D eigenvalue weighted by molar-refractivity contribution is 7.80. The van der Waals surface area contributed by atoms with Crippen molar-refractivity contribution in [3.63, 3.8) is 0 Å². The van der Waals surface area contributed by atoms with Gasteiger partial charge in [-0.15, -0.1) is 0 Å². The van der Waals surface area contributed by atoms with Gasteiger partial charge in [0.1, 0.15) is 4.99 Å². The Morgan fingerprint density at radius 3 is 2.44 bits per heavy atom. The molecule has 0 aliphatic heterocycles. The van der Waals surface area contributed by atoms with Crippen molar-refractivity contribution >= 4 is 23.1 Å². The lowest BCUT2D eigenvalue weighted by atomic mass is 10.1. The van der Waals surface area contributed by atoms with Crippen LogP contribution in [0, 0.1) is 0 Å². The van der Waals surface area contributed by atoms with Crippen molar-refractivity contribution in [2.24, 2.45) is 5.73 Å². The van der Waals surface area contributed by atoms with Crippen molar-refractivity contribution in [3.8, 4) is 5.88 Å². The lowest BCUT2D eigenvalue weighted by Crippen LogP contribution is -2.23. The average molecular weight is 369 g/mol. The molecule has 2 aromatic rings. The second-order valence-corrected chi connectivity index (χ2v) is 5.47. The molecule has 132 valence electrons. The number of nitrogens with one attached hydrogen (secondary N) is 1. The van der Waals surface area contributed by atoms with Gasteiger partial charge in [0.25, 0.3) is 5.91 Å². The van der Waals surface area contributed by atoms with Crippen LogP contribution >= 0.6 is 12.2 Å². The number of pyridine rings is 1. The molecule has 0 saturated heterocycles. The summed E-state index contributed by atoms with van der Waals surface area (Å²) in [6, 6.07) is 9.32. The maximum absolute atomic E-state index is 12.1. The zero-order valence-corrected chi connectivity index (χ0v) is 13.7. The van der Waals surface area contributed by atoms with Crippen LogP contribution in [0.4, 0.5) is 13.2 Å². The summed E-state index contributed by atoms with van der Waals surface area (Å²) in [6.07, 6.45) is -3.13. The number of alkyl halides is 3. The van der Waals surface area contributed by atoms with E-state index in [1.165, 1.54) is 12.3 Å². The number of nitrogens with two attached hydrogens (primary N) is 1. The fourth-order valence-corrected chi connectivity index (χ4v) is 2.00. The van der Waals surface area contributed by atoms with Crippen molar-refractivity contribution in [1.82, 2.24) is 10.3 Å². The van der Waals surface area contributed by atoms with Gasteiger partial charge in [-0.2, -0.15) is 13.2 Å². The smallest absolute Gasteiger partial charge is 0.422 e. The highest BCUT2D eigenvalue weighted by Crippen LogP contribution is 2.17. The number of halogens is 3. The molecule has 5 nitrogen and oxygen atoms in total. The van der Waals surface area contributed by atoms with Crippen LogP contribution in [0.1, 0.15) is 21.5 Å². The molecule has 0 saturated carbocycles. The fourth-order valence-electron chi connectivity index (χ4n) is 1.87. The zero-order chi connectivity index (χ0) is 18.4. The van der Waals surface area contributed by atoms with Gasteiger partial charge in [0.2, 0.25) is 5.88 Å². The molecule has 1 aromatic carbocycles. The van der Waals surface area contributed by atoms with Gasteiger partial charge < -0.3 is 15.8 Å². The SMILES string of the molecule is NC(=S)c1ccc(C(=O)NCc2ccnc(OCC(F)(F)F)c2)cc1. The third-order valence-corrected chi connectivity index (χ3v) is 3.30. The van der Waals surface area contributed by atoms with E-state index in [9.17, 15) is 18.0 Å². The Labute approximate surface area is 147 Å². The van der Waals surface area contributed by atoms with E-state index in [4.69, 9.17) is 18.0 Å². The van der Waals surface area contributed by atoms with E-state index in [0.29, 0.717) is 16.7 Å². The molecule has 1 aromatic heterocycles. The Kier molecular flexibility index (Phi) is 5.92. The molecule has 0 aliphatic carbocycles. The maximum atomic E-state index is 12.1. The number of rotatable bonds is 6. The predicted octanol–water partition coefficient (Wildman–Crippen LogP) is 2.59. The number of benzene rings is 1. The Morgan fingerprint density at radius 1 is 1.20 bits per heavy atom. The van der Waals surface area contributed by atoms with Crippen LogP contribution in [-0.4, -0.2) is 28.7 Å². The molecule has 2 rings (SSSR count). The van der Waals surface area contributed by atoms with Gasteiger partial charge in [-0.05, 0) is 23.8 Å². The van der Waals surface area contributed by atoms with Gasteiger partial charge in [-0.25, -0.2) is 4.98 Å². The molecule has 1 amide bonds. The first-order chi connectivity index (χ1) is 11.7. The Morgan fingerprint density at radius 2 is 1.84 bits per heavy atom. The lowest BCUT2D eigenvalue weighted by molar-refractivity contribution is -0.154. The number of ether oxygens (including phenoxy) is 1. The van der Waals surface area contributed by atoms with Crippen molar-refractivity contribution in [3.05, 3.63) is 59.3 Å². The molecule has 0 fully saturated rings. The average Bonchev–Trinajstić information content (AvgIpc) is 2.58. The second kappa shape index (κ2) is 7.93. The summed E-state index contributed by atoms with van der Waals surface area (Å²) in [6.45, 7) is -1.31. The molecule has 3 N–H and O–H groups in total. The first kappa shape index (κ1) is 18.7. The molecule has 0 aliphatic rings. The number of aromatic nitrogens is 1. The number of carbonyl (C=O) groups is 1. The van der Waals surface area contributed by atoms with Crippen molar-refractivity contribution in [2.45, 2.75) is 12.7 Å². The van der Waals surface area contributed by atoms with Crippen molar-refractivity contribution < 1.29 is 22.7 Å². The minimum atomic E-state index is -4.44. The molecule has 0 spiro atoms. The van der Waals surface area contributed by atoms with Crippen LogP contribution in [0.15, 0.2) is 42.6 Å². The summed E-state index contributed by atoms with van der Waals surface area (Å²) < 4.78 is 41.0. The number of nitrogens with zero attached hydrogens (tertiary/aromatic N) is 1. The molecule has 0 atom stereocenters. The second-order valence-electron chi connectivity index (χ2n) is 5.03. The van der Waals surface area contributed by atoms with E-state index in [1.54, 1.807) is 30.3 Å². The van der Waals surface area contributed by atoms with Gasteiger partial charge in [0.15, 0.2) is 6.61 Å². The van der Waals surface area contributed by atoms with E-state index < -0.39 is 12.8 Å². The third kappa shape index (κ3) is 6.03. The first-order valence-electron chi connectivity index (χ1n) is 7.07. The fraction of sp³-hybridized carbons (Fsp3) is 0.188. The monoisotopic (exact) mass is 369 g/mol. The van der Waals surface area contributed by atoms with Gasteiger partial charge in [0.05, 0.1) is 0 Å². The van der Waals surface area contributed by atoms with Crippen LogP contribution < -0.4 is 15.8 Å². The topological polar surface area (TPSA) is 77.2 Å². The molecule has 0 bridgehead atoms. The van der Waals surface area contributed by atoms with E-state index in [0.717, 1.165) is 0 Å². The number of hydrogen-bond acceptors (Lipinski definition) is 4. The molecular weight excluding hydrogens is 355 g/mol. The summed E-state index contributed by atoms with van der Waals surface area (Å²) >= 11 is 4.83. The van der Waals surface area contributed by atoms with Crippen LogP contribution in [0.2, 0.25) is 0 Å². The summed E-state index contributed by atoms with van der Waals surface area (Å²) in [5.74, 6) is -0.506. The highest BCUT2D eigenvalue weighted by atomic mass is 32.1. The zero-order valence-electron chi connectivity index (χ0n) is 12.8. The normalized spacial score (nSPS) is 11.0. The van der Waals surface area contributed by atoms with Gasteiger partial charge in [-0.1, -0.05) is 24.4 Å². The third-order valence-electron chi connectivity index (χ3n) is 3.07. The summed E-state index contributed by atoms with van der Waals surface area (Å²) in [5.41, 5.74) is 7.09. The molecule has 25 heavy (non-hydrogen) atoms. The molecule has 0 unspecified atom stereocenters. The minimum Gasteiger partial charge on any atom is -0.468 e. The van der Waals surface area contributed by atoms with Gasteiger partial charge in [0, 0.05) is 29.9 Å². The largest absolute Gasteiger partial charge is 0.468 e. The van der Waals surface area contributed by atoms with Crippen LogP contribution in [-0.2, 0) is 6.54 Å². The quantitative estimate of drug-likeness (QED) is 0.766. The van der Waals surface area contributed by atoms with Crippen LogP contribution in [0.3, 0.4) is 0 Å². The standard InChI is InChI=1S/C16H14F3N3O2S/c17-16(18,19)9-24-13-7-10(5-6-21-13)8-22-15(23)12-3-1-11(2-4-12)14(20)25/h1-7H,8-9H2,(H2,20,25)(H,22,23). The Hall–Kier alpha value is -2.68. The lowest BCUT2D eigenvalue weighted by Gasteiger charge is -2.10. The molecular formula is C16H14F3N3O2S. The predicted molar refractivity (Wildman–Crippen MR) is 89.3 cm³/mol. The van der Waals surface area contributed by atoms with E-state index >= 15 is 0 Å². The number of amides is 1. The number of carbonyl (C=O) groups excluding carboxylic acids is 1. The number of thiocarbonyl (C=S) groups is 1. The highest BCUT2D eigenvalue weighted by Gasteiger charge is 2.28. The van der Waals surface area contributed by atoms with E-state index in [2.05, 4.69) is 15.0 Å². The van der Waals surface area contributed by atoms with E-state index in [-0.39, 0.29) is 23.3 Å². The number of hydrogen-bond donors (Lipinski definition) is 2. The van der Waals surface area contributed by atoms with Crippen LogP contribution in [0.25, 0.3) is 0 Å². The van der Waals surface area contributed by atoms with Crippen LogP contribution in [0.5, 0.6) is 5.88 Å². The molecule has 1 heterocycles. The van der Waals surface area contributed by atoms with Crippen molar-refractivity contribution in [2.75, 3.05) is 6.61 Å². The molecule has 0 radical (unpaired) electrons. The molecule has 9 heteroatoms.